The van der Waals surface area contributed by atoms with Crippen molar-refractivity contribution in [2.45, 2.75) is 19.4 Å². The number of nitrogens with one attached hydrogen (secondary N) is 1. The van der Waals surface area contributed by atoms with Gasteiger partial charge in [0.2, 0.25) is 0 Å². The molecule has 0 saturated carbocycles. The summed E-state index contributed by atoms with van der Waals surface area (Å²) in [5.41, 5.74) is 0.0482. The standard InChI is InChI=1S/C12H12BrN3O2S/c1-12(2,11-14-5-6-19-11)15-9-7-8(13)3-4-10(9)16(17)18/h3-7,15H,1-2H3. The molecule has 0 spiro atoms. The average molecular weight is 342 g/mol. The van der Waals surface area contributed by atoms with Gasteiger partial charge in [-0.2, -0.15) is 0 Å². The summed E-state index contributed by atoms with van der Waals surface area (Å²) < 4.78 is 0.788. The molecule has 0 bridgehead atoms. The van der Waals surface area contributed by atoms with Gasteiger partial charge in [-0.05, 0) is 26.0 Å². The third-order valence-electron chi connectivity index (χ3n) is 2.57. The molecule has 0 aliphatic heterocycles. The molecule has 0 unspecified atom stereocenters. The summed E-state index contributed by atoms with van der Waals surface area (Å²) in [7, 11) is 0. The molecule has 0 amide bonds. The maximum Gasteiger partial charge on any atom is 0.292 e. The van der Waals surface area contributed by atoms with Crippen molar-refractivity contribution in [1.29, 1.82) is 0 Å². The zero-order chi connectivity index (χ0) is 14.0. The van der Waals surface area contributed by atoms with E-state index in [4.69, 9.17) is 0 Å². The Morgan fingerprint density at radius 1 is 1.47 bits per heavy atom. The fourth-order valence-electron chi connectivity index (χ4n) is 1.69. The Labute approximate surface area is 123 Å². The van der Waals surface area contributed by atoms with E-state index >= 15 is 0 Å². The number of nitrogens with zero attached hydrogens (tertiary/aromatic N) is 2. The number of nitro benzene ring substituents is 1. The Morgan fingerprint density at radius 2 is 2.21 bits per heavy atom. The molecule has 1 aromatic heterocycles. The molecule has 0 radical (unpaired) electrons. The number of anilines is 1. The minimum absolute atomic E-state index is 0.0489. The van der Waals surface area contributed by atoms with Crippen LogP contribution in [0.25, 0.3) is 0 Å². The van der Waals surface area contributed by atoms with E-state index in [2.05, 4.69) is 26.2 Å². The minimum atomic E-state index is -0.473. The molecule has 0 aliphatic rings. The van der Waals surface area contributed by atoms with Gasteiger partial charge < -0.3 is 5.32 Å². The molecule has 19 heavy (non-hydrogen) atoms. The van der Waals surface area contributed by atoms with Crippen molar-refractivity contribution >= 4 is 38.6 Å². The van der Waals surface area contributed by atoms with Gasteiger partial charge in [-0.3, -0.25) is 10.1 Å². The first-order valence-corrected chi connectivity index (χ1v) is 7.19. The van der Waals surface area contributed by atoms with Gasteiger partial charge in [0.05, 0.1) is 10.5 Å². The molecule has 0 saturated heterocycles. The molecule has 0 fully saturated rings. The number of rotatable bonds is 4. The summed E-state index contributed by atoms with van der Waals surface area (Å²) in [6.07, 6.45) is 1.72. The summed E-state index contributed by atoms with van der Waals surface area (Å²) in [5.74, 6) is 0. The number of thiazole rings is 1. The predicted molar refractivity (Wildman–Crippen MR) is 79.6 cm³/mol. The van der Waals surface area contributed by atoms with Crippen molar-refractivity contribution in [1.82, 2.24) is 4.98 Å². The Morgan fingerprint density at radius 3 is 2.79 bits per heavy atom. The Balaban J connectivity index is 2.38. The van der Waals surface area contributed by atoms with E-state index in [9.17, 15) is 10.1 Å². The fraction of sp³-hybridized carbons (Fsp3) is 0.250. The number of benzene rings is 1. The second-order valence-electron chi connectivity index (χ2n) is 4.51. The Kier molecular flexibility index (Phi) is 3.86. The maximum atomic E-state index is 11.0. The summed E-state index contributed by atoms with van der Waals surface area (Å²) in [5, 5.41) is 17.0. The van der Waals surface area contributed by atoms with Crippen molar-refractivity contribution in [3.8, 4) is 0 Å². The minimum Gasteiger partial charge on any atom is -0.368 e. The molecule has 7 heteroatoms. The predicted octanol–water partition coefficient (Wildman–Crippen LogP) is 4.16. The zero-order valence-corrected chi connectivity index (χ0v) is 12.8. The molecule has 2 aromatic rings. The van der Waals surface area contributed by atoms with Gasteiger partial charge in [0.15, 0.2) is 0 Å². The smallest absolute Gasteiger partial charge is 0.292 e. The van der Waals surface area contributed by atoms with Crippen LogP contribution < -0.4 is 5.32 Å². The Bertz CT molecular complexity index is 599. The van der Waals surface area contributed by atoms with Crippen LogP contribution in [0.2, 0.25) is 0 Å². The highest BCUT2D eigenvalue weighted by Gasteiger charge is 2.26. The van der Waals surface area contributed by atoms with Crippen LogP contribution in [-0.4, -0.2) is 9.91 Å². The second-order valence-corrected chi connectivity index (χ2v) is 6.32. The van der Waals surface area contributed by atoms with Crippen molar-refractivity contribution in [3.05, 3.63) is 49.4 Å². The number of hydrogen-bond donors (Lipinski definition) is 1. The van der Waals surface area contributed by atoms with Gasteiger partial charge in [0, 0.05) is 22.1 Å². The van der Waals surface area contributed by atoms with E-state index < -0.39 is 10.5 Å². The first-order chi connectivity index (χ1) is 8.90. The van der Waals surface area contributed by atoms with Crippen LogP contribution >= 0.6 is 27.3 Å². The quantitative estimate of drug-likeness (QED) is 0.669. The lowest BCUT2D eigenvalue weighted by Gasteiger charge is -2.25. The van der Waals surface area contributed by atoms with E-state index in [1.165, 1.54) is 17.4 Å². The molecule has 1 heterocycles. The van der Waals surface area contributed by atoms with E-state index in [1.807, 2.05) is 19.2 Å². The SMILES string of the molecule is CC(C)(Nc1cc(Br)ccc1[N+](=O)[O-])c1nccs1. The van der Waals surface area contributed by atoms with Crippen LogP contribution in [0.1, 0.15) is 18.9 Å². The molecular weight excluding hydrogens is 330 g/mol. The number of hydrogen-bond acceptors (Lipinski definition) is 5. The van der Waals surface area contributed by atoms with Gasteiger partial charge >= 0.3 is 0 Å². The lowest BCUT2D eigenvalue weighted by Crippen LogP contribution is -2.28. The maximum absolute atomic E-state index is 11.0. The first-order valence-electron chi connectivity index (χ1n) is 5.52. The van der Waals surface area contributed by atoms with E-state index in [-0.39, 0.29) is 5.69 Å². The van der Waals surface area contributed by atoms with Gasteiger partial charge in [-0.15, -0.1) is 11.3 Å². The summed E-state index contributed by atoms with van der Waals surface area (Å²) in [6, 6.07) is 4.83. The molecule has 0 aliphatic carbocycles. The fourth-order valence-corrected chi connectivity index (χ4v) is 2.77. The van der Waals surface area contributed by atoms with Crippen LogP contribution in [0.15, 0.2) is 34.2 Å². The van der Waals surface area contributed by atoms with Gasteiger partial charge in [-0.1, -0.05) is 15.9 Å². The van der Waals surface area contributed by atoms with E-state index in [0.717, 1.165) is 9.48 Å². The highest BCUT2D eigenvalue weighted by Crippen LogP contribution is 2.34. The molecule has 100 valence electrons. The number of halogens is 1. The lowest BCUT2D eigenvalue weighted by atomic mass is 10.1. The third-order valence-corrected chi connectivity index (χ3v) is 4.16. The highest BCUT2D eigenvalue weighted by atomic mass is 79.9. The Hall–Kier alpha value is -1.47. The van der Waals surface area contributed by atoms with Gasteiger partial charge in [0.25, 0.3) is 5.69 Å². The molecule has 1 N–H and O–H groups in total. The average Bonchev–Trinajstić information content (AvgIpc) is 2.81. The number of aromatic nitrogens is 1. The molecule has 5 nitrogen and oxygen atoms in total. The van der Waals surface area contributed by atoms with Gasteiger partial charge in [0.1, 0.15) is 10.7 Å². The summed E-state index contributed by atoms with van der Waals surface area (Å²) >= 11 is 4.84. The molecule has 0 atom stereocenters. The zero-order valence-electron chi connectivity index (χ0n) is 10.4. The van der Waals surface area contributed by atoms with Crippen molar-refractivity contribution in [3.63, 3.8) is 0 Å². The van der Waals surface area contributed by atoms with Crippen LogP contribution in [0.4, 0.5) is 11.4 Å². The van der Waals surface area contributed by atoms with Crippen molar-refractivity contribution in [2.75, 3.05) is 5.32 Å². The second kappa shape index (κ2) is 5.26. The van der Waals surface area contributed by atoms with Crippen molar-refractivity contribution in [2.24, 2.45) is 0 Å². The largest absolute Gasteiger partial charge is 0.368 e. The van der Waals surface area contributed by atoms with Crippen LogP contribution in [0.5, 0.6) is 0 Å². The molecule has 2 rings (SSSR count). The summed E-state index contributed by atoms with van der Waals surface area (Å²) in [6.45, 7) is 3.88. The normalized spacial score (nSPS) is 11.3. The number of nitro groups is 1. The lowest BCUT2D eigenvalue weighted by molar-refractivity contribution is -0.384. The third kappa shape index (κ3) is 3.10. The topological polar surface area (TPSA) is 68.1 Å². The van der Waals surface area contributed by atoms with E-state index in [0.29, 0.717) is 5.69 Å². The monoisotopic (exact) mass is 341 g/mol. The van der Waals surface area contributed by atoms with Crippen molar-refractivity contribution < 1.29 is 4.92 Å². The van der Waals surface area contributed by atoms with Crippen LogP contribution in [-0.2, 0) is 5.54 Å². The first kappa shape index (κ1) is 14.0. The highest BCUT2D eigenvalue weighted by molar-refractivity contribution is 9.10. The molecular formula is C12H12BrN3O2S. The van der Waals surface area contributed by atoms with Crippen LogP contribution in [0.3, 0.4) is 0 Å². The summed E-state index contributed by atoms with van der Waals surface area (Å²) in [4.78, 5) is 14.9. The van der Waals surface area contributed by atoms with Gasteiger partial charge in [-0.25, -0.2) is 4.98 Å². The van der Waals surface area contributed by atoms with E-state index in [1.54, 1.807) is 18.3 Å². The molecule has 1 aromatic carbocycles. The van der Waals surface area contributed by atoms with Crippen LogP contribution in [0, 0.1) is 10.1 Å².